The van der Waals surface area contributed by atoms with E-state index in [1.165, 1.54) is 0 Å². The van der Waals surface area contributed by atoms with E-state index in [4.69, 9.17) is 10.8 Å². The number of carboxylic acids is 2. The minimum atomic E-state index is -1.19. The van der Waals surface area contributed by atoms with Crippen LogP contribution in [-0.4, -0.2) is 64.5 Å². The Kier molecular flexibility index (Phi) is 12.3. The minimum Gasteiger partial charge on any atom is -0.481 e. The molecular weight excluding hydrogens is 396 g/mol. The van der Waals surface area contributed by atoms with Gasteiger partial charge in [0.05, 0.1) is 12.6 Å². The average Bonchev–Trinajstić information content (AvgIpc) is 2.70. The summed E-state index contributed by atoms with van der Waals surface area (Å²) in [6.45, 7) is 6.58. The summed E-state index contributed by atoms with van der Waals surface area (Å²) < 4.78 is 0. The van der Waals surface area contributed by atoms with Gasteiger partial charge >= 0.3 is 11.9 Å². The fourth-order valence-corrected chi connectivity index (χ4v) is 2.52. The second-order valence-corrected chi connectivity index (χ2v) is 7.39. The molecule has 11 nitrogen and oxygen atoms in total. The summed E-state index contributed by atoms with van der Waals surface area (Å²) in [6.07, 6.45) is 0.607. The highest BCUT2D eigenvalue weighted by molar-refractivity contribution is 5.92. The molecule has 0 rings (SSSR count). The summed E-state index contributed by atoms with van der Waals surface area (Å²) in [5.74, 6) is -4.86. The highest BCUT2D eigenvalue weighted by Gasteiger charge is 2.28. The van der Waals surface area contributed by atoms with Gasteiger partial charge in [0.1, 0.15) is 12.1 Å². The van der Waals surface area contributed by atoms with E-state index in [1.54, 1.807) is 20.8 Å². The van der Waals surface area contributed by atoms with Crippen molar-refractivity contribution in [1.29, 1.82) is 0 Å². The van der Waals surface area contributed by atoms with Crippen molar-refractivity contribution in [1.82, 2.24) is 16.0 Å². The molecular formula is C19H34N4O7. The Morgan fingerprint density at radius 1 is 0.900 bits per heavy atom. The average molecular weight is 431 g/mol. The lowest BCUT2D eigenvalue weighted by Crippen LogP contribution is -2.55. The lowest BCUT2D eigenvalue weighted by atomic mass is 9.98. The smallest absolute Gasteiger partial charge is 0.326 e. The molecule has 3 amide bonds. The lowest BCUT2D eigenvalue weighted by molar-refractivity contribution is -0.143. The molecule has 0 heterocycles. The highest BCUT2D eigenvalue weighted by Crippen LogP contribution is 2.08. The molecule has 11 heteroatoms. The number of amides is 3. The Hall–Kier alpha value is -2.69. The van der Waals surface area contributed by atoms with Gasteiger partial charge in [-0.2, -0.15) is 0 Å². The lowest BCUT2D eigenvalue weighted by Gasteiger charge is -2.23. The van der Waals surface area contributed by atoms with Crippen molar-refractivity contribution >= 4 is 29.7 Å². The van der Waals surface area contributed by atoms with Crippen molar-refractivity contribution in [2.24, 2.45) is 17.6 Å². The van der Waals surface area contributed by atoms with Gasteiger partial charge in [0.25, 0.3) is 0 Å². The second kappa shape index (κ2) is 13.5. The van der Waals surface area contributed by atoms with E-state index < -0.39 is 54.3 Å². The molecule has 5 atom stereocenters. The molecule has 30 heavy (non-hydrogen) atoms. The van der Waals surface area contributed by atoms with Crippen LogP contribution in [0.3, 0.4) is 0 Å². The third-order valence-corrected chi connectivity index (χ3v) is 5.06. The van der Waals surface area contributed by atoms with Crippen molar-refractivity contribution in [3.63, 3.8) is 0 Å². The second-order valence-electron chi connectivity index (χ2n) is 7.39. The molecule has 0 aliphatic heterocycles. The third kappa shape index (κ3) is 9.68. The fourth-order valence-electron chi connectivity index (χ4n) is 2.52. The highest BCUT2D eigenvalue weighted by atomic mass is 16.4. The van der Waals surface area contributed by atoms with Gasteiger partial charge in [-0.25, -0.2) is 4.79 Å². The molecule has 0 aromatic rings. The number of carbonyl (C=O) groups excluding carboxylic acids is 3. The van der Waals surface area contributed by atoms with Crippen molar-refractivity contribution in [3.8, 4) is 0 Å². The molecule has 0 aromatic carbocycles. The number of hydrogen-bond donors (Lipinski definition) is 6. The predicted molar refractivity (Wildman–Crippen MR) is 108 cm³/mol. The van der Waals surface area contributed by atoms with Crippen LogP contribution in [0.2, 0.25) is 0 Å². The molecule has 172 valence electrons. The van der Waals surface area contributed by atoms with Gasteiger partial charge < -0.3 is 31.9 Å². The minimum absolute atomic E-state index is 0.146. The molecule has 0 radical (unpaired) electrons. The van der Waals surface area contributed by atoms with Crippen LogP contribution >= 0.6 is 0 Å². The number of hydrogen-bond acceptors (Lipinski definition) is 6. The number of carboxylic acid groups (broad SMARTS) is 2. The topological polar surface area (TPSA) is 188 Å². The van der Waals surface area contributed by atoms with E-state index in [0.29, 0.717) is 12.8 Å². The van der Waals surface area contributed by atoms with E-state index >= 15 is 0 Å². The van der Waals surface area contributed by atoms with E-state index in [-0.39, 0.29) is 24.7 Å². The van der Waals surface area contributed by atoms with Crippen molar-refractivity contribution in [3.05, 3.63) is 0 Å². The Bertz CT molecular complexity index is 626. The molecule has 0 aromatic heterocycles. The van der Waals surface area contributed by atoms with Gasteiger partial charge in [0.15, 0.2) is 0 Å². The molecule has 0 saturated carbocycles. The SMILES string of the molecule is CCC(C)C(N)C(=O)NC(CCC(=O)O)C(=O)NCC(=O)NC(C(=O)O)C(C)CC. The molecule has 7 N–H and O–H groups in total. The van der Waals surface area contributed by atoms with Crippen LogP contribution in [-0.2, 0) is 24.0 Å². The first-order chi connectivity index (χ1) is 13.9. The first-order valence-electron chi connectivity index (χ1n) is 10.0. The Morgan fingerprint density at radius 3 is 1.93 bits per heavy atom. The van der Waals surface area contributed by atoms with Crippen LogP contribution < -0.4 is 21.7 Å². The molecule has 0 aliphatic rings. The number of aliphatic carboxylic acids is 2. The summed E-state index contributed by atoms with van der Waals surface area (Å²) in [6, 6.07) is -3.16. The van der Waals surface area contributed by atoms with Gasteiger partial charge in [0.2, 0.25) is 17.7 Å². The molecule has 0 spiro atoms. The largest absolute Gasteiger partial charge is 0.481 e. The summed E-state index contributed by atoms with van der Waals surface area (Å²) in [7, 11) is 0. The monoisotopic (exact) mass is 430 g/mol. The quantitative estimate of drug-likeness (QED) is 0.211. The van der Waals surface area contributed by atoms with Crippen molar-refractivity contribution < 1.29 is 34.2 Å². The Morgan fingerprint density at radius 2 is 1.47 bits per heavy atom. The molecule has 0 aliphatic carbocycles. The molecule has 0 bridgehead atoms. The van der Waals surface area contributed by atoms with Crippen LogP contribution in [0.25, 0.3) is 0 Å². The first kappa shape index (κ1) is 27.3. The number of carbonyl (C=O) groups is 5. The molecule has 5 unspecified atom stereocenters. The predicted octanol–water partition coefficient (Wildman–Crippen LogP) is -0.559. The third-order valence-electron chi connectivity index (χ3n) is 5.06. The van der Waals surface area contributed by atoms with Crippen molar-refractivity contribution in [2.45, 2.75) is 71.5 Å². The summed E-state index contributed by atoms with van der Waals surface area (Å²) in [4.78, 5) is 58.8. The van der Waals surface area contributed by atoms with Crippen LogP contribution in [0.4, 0.5) is 0 Å². The fraction of sp³-hybridized carbons (Fsp3) is 0.737. The van der Waals surface area contributed by atoms with Gasteiger partial charge in [0, 0.05) is 6.42 Å². The van der Waals surface area contributed by atoms with Crippen LogP contribution in [0.5, 0.6) is 0 Å². The number of rotatable bonds is 14. The number of nitrogens with two attached hydrogens (primary N) is 1. The maximum Gasteiger partial charge on any atom is 0.326 e. The maximum absolute atomic E-state index is 12.4. The number of nitrogens with one attached hydrogen (secondary N) is 3. The summed E-state index contributed by atoms with van der Waals surface area (Å²) >= 11 is 0. The maximum atomic E-state index is 12.4. The van der Waals surface area contributed by atoms with Gasteiger partial charge in [-0.15, -0.1) is 0 Å². The van der Waals surface area contributed by atoms with Crippen LogP contribution in [0.1, 0.15) is 53.4 Å². The Labute approximate surface area is 176 Å². The Balaban J connectivity index is 4.99. The zero-order valence-corrected chi connectivity index (χ0v) is 17.9. The van der Waals surface area contributed by atoms with Crippen LogP contribution in [0.15, 0.2) is 0 Å². The van der Waals surface area contributed by atoms with Crippen molar-refractivity contribution in [2.75, 3.05) is 6.54 Å². The standard InChI is InChI=1S/C19H34N4O7/c1-5-10(3)15(20)18(28)22-12(7-8-14(25)26)17(27)21-9-13(24)23-16(19(29)30)11(4)6-2/h10-12,15-16H,5-9,20H2,1-4H3,(H,21,27)(H,22,28)(H,23,24)(H,25,26)(H,29,30). The van der Waals surface area contributed by atoms with E-state index in [0.717, 1.165) is 0 Å². The molecule has 0 fully saturated rings. The van der Waals surface area contributed by atoms with Gasteiger partial charge in [-0.3, -0.25) is 19.2 Å². The van der Waals surface area contributed by atoms with Gasteiger partial charge in [-0.05, 0) is 18.3 Å². The van der Waals surface area contributed by atoms with E-state index in [1.807, 2.05) is 6.92 Å². The normalized spacial score (nSPS) is 15.8. The van der Waals surface area contributed by atoms with Gasteiger partial charge in [-0.1, -0.05) is 40.5 Å². The first-order valence-corrected chi connectivity index (χ1v) is 10.0. The van der Waals surface area contributed by atoms with E-state index in [9.17, 15) is 29.1 Å². The summed E-state index contributed by atoms with van der Waals surface area (Å²) in [5, 5.41) is 25.2. The summed E-state index contributed by atoms with van der Waals surface area (Å²) in [5.41, 5.74) is 5.84. The zero-order chi connectivity index (χ0) is 23.4. The van der Waals surface area contributed by atoms with E-state index in [2.05, 4.69) is 16.0 Å². The zero-order valence-electron chi connectivity index (χ0n) is 17.9. The van der Waals surface area contributed by atoms with Crippen LogP contribution in [0, 0.1) is 11.8 Å². The molecule has 0 saturated heterocycles.